The highest BCUT2D eigenvalue weighted by atomic mass is 16.5. The fraction of sp³-hybridized carbons (Fsp3) is 0.438. The van der Waals surface area contributed by atoms with Crippen LogP contribution in [0.1, 0.15) is 99.4 Å². The first kappa shape index (κ1) is 49.1. The highest BCUT2D eigenvalue weighted by molar-refractivity contribution is 6.13. The maximum atomic E-state index is 13.3. The van der Waals surface area contributed by atoms with Gasteiger partial charge in [-0.1, -0.05) is 20.3 Å². The number of nitrogens with zero attached hydrogens (tertiary/aromatic N) is 4. The van der Waals surface area contributed by atoms with Crippen LogP contribution < -0.4 is 36.1 Å². The van der Waals surface area contributed by atoms with Crippen LogP contribution >= 0.6 is 0 Å². The van der Waals surface area contributed by atoms with Gasteiger partial charge in [0.1, 0.15) is 17.8 Å². The van der Waals surface area contributed by atoms with Crippen molar-refractivity contribution < 1.29 is 47.8 Å². The van der Waals surface area contributed by atoms with Crippen LogP contribution in [0, 0.1) is 5.92 Å². The Morgan fingerprint density at radius 3 is 2.18 bits per heavy atom. The molecular weight excluding hydrogens is 863 g/mol. The third-order valence-corrected chi connectivity index (χ3v) is 11.6. The largest absolute Gasteiger partial charge is 0.493 e. The van der Waals surface area contributed by atoms with E-state index in [4.69, 9.17) is 9.47 Å². The lowest BCUT2D eigenvalue weighted by molar-refractivity contribution is -0.137. The maximum Gasteiger partial charge on any atom is 0.272 e. The number of benzene rings is 2. The van der Waals surface area contributed by atoms with E-state index in [1.165, 1.54) is 26.2 Å². The number of anilines is 3. The molecule has 19 heteroatoms. The van der Waals surface area contributed by atoms with E-state index >= 15 is 0 Å². The first-order chi connectivity index (χ1) is 32.1. The first-order valence-electron chi connectivity index (χ1n) is 22.6. The number of hydrogen-bond donors (Lipinski definition) is 5. The number of rotatable bonds is 21. The van der Waals surface area contributed by atoms with Crippen molar-refractivity contribution in [2.75, 3.05) is 42.8 Å². The lowest BCUT2D eigenvalue weighted by atomic mass is 10.0. The van der Waals surface area contributed by atoms with Crippen molar-refractivity contribution in [3.05, 3.63) is 72.1 Å². The zero-order chi connectivity index (χ0) is 48.2. The van der Waals surface area contributed by atoms with Crippen molar-refractivity contribution >= 4 is 76.2 Å². The minimum atomic E-state index is -0.947. The number of fused-ring (bicyclic) bond motifs is 2. The Kier molecular flexibility index (Phi) is 16.7. The Balaban J connectivity index is 0.904. The molecule has 19 nitrogen and oxygen atoms in total. The Morgan fingerprint density at radius 2 is 1.48 bits per heavy atom. The van der Waals surface area contributed by atoms with E-state index in [0.29, 0.717) is 72.0 Å². The van der Waals surface area contributed by atoms with E-state index in [0.717, 1.165) is 24.2 Å². The second-order valence-electron chi connectivity index (χ2n) is 17.1. The first-order valence-corrected chi connectivity index (χ1v) is 22.6. The van der Waals surface area contributed by atoms with Crippen molar-refractivity contribution in [2.24, 2.45) is 18.0 Å². The number of amides is 8. The Bertz CT molecular complexity index is 2410. The predicted octanol–water partition coefficient (Wildman–Crippen LogP) is 4.86. The van der Waals surface area contributed by atoms with E-state index in [9.17, 15) is 38.4 Å². The van der Waals surface area contributed by atoms with Gasteiger partial charge in [-0.25, -0.2) is 0 Å². The lowest BCUT2D eigenvalue weighted by Gasteiger charge is -2.32. The molecule has 4 heterocycles. The number of unbranched alkanes of at least 4 members (excludes halogenated alkanes) is 2. The molecule has 8 amide bonds. The van der Waals surface area contributed by atoms with Crippen molar-refractivity contribution in [2.45, 2.75) is 96.7 Å². The van der Waals surface area contributed by atoms with E-state index in [1.807, 2.05) is 11.1 Å². The summed E-state index contributed by atoms with van der Waals surface area (Å²) in [5.41, 5.74) is 2.56. The van der Waals surface area contributed by atoms with E-state index in [1.54, 1.807) is 74.1 Å². The summed E-state index contributed by atoms with van der Waals surface area (Å²) < 4.78 is 13.1. The summed E-state index contributed by atoms with van der Waals surface area (Å²) in [6.45, 7) is 6.26. The number of aromatic nitrogens is 1. The summed E-state index contributed by atoms with van der Waals surface area (Å²) >= 11 is 0. The lowest BCUT2D eigenvalue weighted by Crippen LogP contribution is -2.53. The summed E-state index contributed by atoms with van der Waals surface area (Å²) in [6, 6.07) is 9.47. The minimum absolute atomic E-state index is 0.0290. The van der Waals surface area contributed by atoms with Gasteiger partial charge in [-0.05, 0) is 87.8 Å². The molecule has 1 aromatic heterocycles. The van der Waals surface area contributed by atoms with E-state index in [2.05, 4.69) is 31.6 Å². The monoisotopic (exact) mass is 921 g/mol. The normalized spacial score (nSPS) is 16.1. The third-order valence-electron chi connectivity index (χ3n) is 11.6. The summed E-state index contributed by atoms with van der Waals surface area (Å²) in [6.07, 6.45) is 11.1. The zero-order valence-corrected chi connectivity index (χ0v) is 38.5. The molecule has 1 fully saturated rings. The molecule has 0 bridgehead atoms. The molecule has 1 saturated heterocycles. The molecule has 2 aromatic carbocycles. The summed E-state index contributed by atoms with van der Waals surface area (Å²) in [4.78, 5) is 109. The molecule has 0 saturated carbocycles. The average molecular weight is 922 g/mol. The molecule has 0 radical (unpaired) electrons. The number of hydrogen-bond acceptors (Lipinski definition) is 11. The second kappa shape index (κ2) is 22.7. The fourth-order valence-corrected chi connectivity index (χ4v) is 7.90. The van der Waals surface area contributed by atoms with Gasteiger partial charge in [-0.2, -0.15) is 0 Å². The van der Waals surface area contributed by atoms with Gasteiger partial charge in [-0.15, -0.1) is 0 Å². The molecule has 5 N–H and O–H groups in total. The maximum absolute atomic E-state index is 13.3. The highest BCUT2D eigenvalue weighted by Gasteiger charge is 2.32. The van der Waals surface area contributed by atoms with Gasteiger partial charge in [0.15, 0.2) is 11.5 Å². The average Bonchev–Trinajstić information content (AvgIpc) is 3.79. The summed E-state index contributed by atoms with van der Waals surface area (Å²) in [5.74, 6) is -2.23. The van der Waals surface area contributed by atoms with Crippen LogP contribution in [0.15, 0.2) is 65.8 Å². The summed E-state index contributed by atoms with van der Waals surface area (Å²) in [7, 11) is 3.19. The number of ether oxygens (including phenoxy) is 2. The van der Waals surface area contributed by atoms with Gasteiger partial charge < -0.3 is 45.5 Å². The molecule has 3 aromatic rings. The van der Waals surface area contributed by atoms with Crippen LogP contribution in [0.3, 0.4) is 0 Å². The SMILES string of the molecule is COc1cc2c(cc1OCCCC(=O)Nc1cc(C(=O)Nc3ccc(NC(=O)[C@H](C)NC(=O)[C@@H](NC(=O)CCCCCN4C(=O)C=CC4=O)C(C)C)cc3)n(C)c1)N=CC1CCCCN1C2=O. The zero-order valence-electron chi connectivity index (χ0n) is 38.5. The summed E-state index contributed by atoms with van der Waals surface area (Å²) in [5, 5.41) is 13.8. The molecule has 3 atom stereocenters. The molecular formula is C48H59N9O10. The molecule has 3 aliphatic rings. The van der Waals surface area contributed by atoms with Crippen LogP contribution in [0.25, 0.3) is 0 Å². The Morgan fingerprint density at radius 1 is 0.776 bits per heavy atom. The van der Waals surface area contributed by atoms with Crippen molar-refractivity contribution in [3.63, 3.8) is 0 Å². The number of carbonyl (C=O) groups excluding carboxylic acids is 8. The van der Waals surface area contributed by atoms with Gasteiger partial charge in [0.05, 0.1) is 36.7 Å². The standard InChI is InChI=1S/C48H59N9O10/c1-29(2)44(54-41(59)13-7-6-9-22-57-42(60)19-20-43(57)61)47(64)50-30(3)45(62)52-31-15-17-32(18-16-31)53-46(63)37-24-33(28-55(37)4)51-40(58)14-11-23-67-39-26-36-35(25-38(39)66-5)48(65)56-21-10-8-12-34(56)27-49-36/h15-20,24-30,34,44H,6-14,21-23H2,1-5H3,(H,50,64)(H,51,58)(H,52,62)(H,53,63)(H,54,59)/t30-,34?,44-/m0/s1. The Labute approximate surface area is 389 Å². The van der Waals surface area contributed by atoms with Crippen molar-refractivity contribution in [1.82, 2.24) is 25.0 Å². The second-order valence-corrected chi connectivity index (χ2v) is 17.1. The van der Waals surface area contributed by atoms with Gasteiger partial charge in [0.2, 0.25) is 23.6 Å². The Hall–Kier alpha value is -7.31. The van der Waals surface area contributed by atoms with Crippen LogP contribution in [0.2, 0.25) is 0 Å². The van der Waals surface area contributed by atoms with Crippen LogP contribution in [-0.4, -0.2) is 113 Å². The highest BCUT2D eigenvalue weighted by Crippen LogP contribution is 2.38. The number of aliphatic imine (C=N–C) groups is 1. The number of aryl methyl sites for hydroxylation is 1. The molecule has 6 rings (SSSR count). The molecule has 3 aliphatic heterocycles. The molecule has 356 valence electrons. The van der Waals surface area contributed by atoms with Crippen LogP contribution in [-0.2, 0) is 35.8 Å². The van der Waals surface area contributed by atoms with Gasteiger partial charge in [0, 0.05) is 75.0 Å². The number of methoxy groups -OCH3 is 1. The topological polar surface area (TPSA) is 239 Å². The molecule has 1 unspecified atom stereocenters. The quantitative estimate of drug-likeness (QED) is 0.0718. The number of carbonyl (C=O) groups is 8. The number of piperidine rings is 1. The van der Waals surface area contributed by atoms with Gasteiger partial charge in [0.25, 0.3) is 23.6 Å². The molecule has 67 heavy (non-hydrogen) atoms. The van der Waals surface area contributed by atoms with E-state index < -0.39 is 29.8 Å². The third kappa shape index (κ3) is 12.9. The van der Waals surface area contributed by atoms with Crippen LogP contribution in [0.4, 0.5) is 22.7 Å². The molecule has 0 aliphatic carbocycles. The number of nitrogens with one attached hydrogen (secondary N) is 5. The van der Waals surface area contributed by atoms with Crippen LogP contribution in [0.5, 0.6) is 11.5 Å². The fourth-order valence-electron chi connectivity index (χ4n) is 7.90. The number of imide groups is 1. The van der Waals surface area contributed by atoms with Crippen molar-refractivity contribution in [1.29, 1.82) is 0 Å². The van der Waals surface area contributed by atoms with Crippen molar-refractivity contribution in [3.8, 4) is 11.5 Å². The smallest absolute Gasteiger partial charge is 0.272 e. The van der Waals surface area contributed by atoms with Gasteiger partial charge >= 0.3 is 0 Å². The minimum Gasteiger partial charge on any atom is -0.493 e. The van der Waals surface area contributed by atoms with E-state index in [-0.39, 0.29) is 73.2 Å². The predicted molar refractivity (Wildman–Crippen MR) is 250 cm³/mol. The molecule has 0 spiro atoms. The van der Waals surface area contributed by atoms with Gasteiger partial charge in [-0.3, -0.25) is 48.2 Å².